The molecule has 2 fully saturated rings. The second kappa shape index (κ2) is 24.7. The first kappa shape index (κ1) is 58.0. The number of aliphatic hydroxyl groups excluding tert-OH is 2. The predicted octanol–water partition coefficient (Wildman–Crippen LogP) is 8.25. The summed E-state index contributed by atoms with van der Waals surface area (Å²) in [6.07, 6.45) is 14.8. The predicted molar refractivity (Wildman–Crippen MR) is 308 cm³/mol. The molecule has 2 aromatic carbocycles. The molecule has 2 aliphatic heterocycles. The van der Waals surface area contributed by atoms with E-state index >= 15 is 0 Å². The van der Waals surface area contributed by atoms with Crippen molar-refractivity contribution in [3.63, 3.8) is 0 Å². The molecule has 2 saturated carbocycles. The number of aromatic nitrogens is 12. The molecule has 0 radical (unpaired) electrons. The fraction of sp³-hybridized carbons (Fsp3) is 0.450. The van der Waals surface area contributed by atoms with Gasteiger partial charge in [-0.25, -0.2) is 19.9 Å². The molecule has 0 saturated heterocycles. The van der Waals surface area contributed by atoms with Crippen LogP contribution in [0.1, 0.15) is 160 Å². The largest absolute Gasteiger partial charge is 0.393 e. The first-order valence-corrected chi connectivity index (χ1v) is 28.2. The summed E-state index contributed by atoms with van der Waals surface area (Å²) in [5.41, 5.74) is 9.27. The average molecular weight is 1130 g/mol. The van der Waals surface area contributed by atoms with Gasteiger partial charge in [0.05, 0.1) is 47.4 Å². The lowest BCUT2D eigenvalue weighted by atomic mass is 9.87. The van der Waals surface area contributed by atoms with Gasteiger partial charge in [0.15, 0.2) is 0 Å². The number of aryl methyl sites for hydroxylation is 2. The van der Waals surface area contributed by atoms with E-state index < -0.39 is 0 Å². The van der Waals surface area contributed by atoms with Crippen molar-refractivity contribution in [2.75, 3.05) is 23.7 Å². The van der Waals surface area contributed by atoms with Crippen LogP contribution < -0.4 is 16.0 Å². The second-order valence-corrected chi connectivity index (χ2v) is 24.0. The summed E-state index contributed by atoms with van der Waals surface area (Å²) < 4.78 is 14.2. The van der Waals surface area contributed by atoms with Crippen molar-refractivity contribution >= 4 is 40.6 Å². The molecule has 5 N–H and O–H groups in total. The third-order valence-corrected chi connectivity index (χ3v) is 15.1. The molecule has 23 heteroatoms. The molecule has 12 rings (SSSR count). The molecule has 2 aliphatic carbocycles. The van der Waals surface area contributed by atoms with Gasteiger partial charge < -0.3 is 35.2 Å². The van der Waals surface area contributed by atoms with Gasteiger partial charge in [0, 0.05) is 106 Å². The van der Waals surface area contributed by atoms with Crippen molar-refractivity contribution in [2.24, 2.45) is 14.1 Å². The Labute approximate surface area is 481 Å². The van der Waals surface area contributed by atoms with E-state index in [1.54, 1.807) is 34.2 Å². The third-order valence-electron chi connectivity index (χ3n) is 15.1. The number of carbonyl (C=O) groups excluding carboxylic acids is 3. The third kappa shape index (κ3) is 14.5. The quantitative estimate of drug-likeness (QED) is 0.0679. The van der Waals surface area contributed by atoms with Crippen LogP contribution in [0, 0.1) is 0 Å². The van der Waals surface area contributed by atoms with Crippen LogP contribution in [0.3, 0.4) is 0 Å². The molecule has 2 atom stereocenters. The number of benzene rings is 2. The van der Waals surface area contributed by atoms with Gasteiger partial charge in [0.2, 0.25) is 46.9 Å². The van der Waals surface area contributed by atoms with Gasteiger partial charge in [-0.2, -0.15) is 20.2 Å². The number of nitrogens with one attached hydrogen (secondary N) is 3. The summed E-state index contributed by atoms with van der Waals surface area (Å²) >= 11 is 0. The number of carbonyl (C=O) groups is 3. The van der Waals surface area contributed by atoms with Crippen LogP contribution in [0.25, 0.3) is 22.5 Å². The minimum absolute atomic E-state index is 0.0198. The van der Waals surface area contributed by atoms with Crippen molar-refractivity contribution < 1.29 is 33.6 Å². The topological polar surface area (TPSA) is 296 Å². The van der Waals surface area contributed by atoms with Gasteiger partial charge >= 0.3 is 0 Å². The van der Waals surface area contributed by atoms with Gasteiger partial charge in [-0.3, -0.25) is 28.6 Å². The summed E-state index contributed by atoms with van der Waals surface area (Å²) in [4.78, 5) is 65.6. The van der Waals surface area contributed by atoms with E-state index in [1.807, 2.05) is 80.2 Å². The van der Waals surface area contributed by atoms with Crippen LogP contribution in [0.4, 0.5) is 23.3 Å². The Morgan fingerprint density at radius 3 is 1.63 bits per heavy atom. The number of anilines is 4. The van der Waals surface area contributed by atoms with Crippen molar-refractivity contribution in [1.82, 2.24) is 70.0 Å². The zero-order valence-corrected chi connectivity index (χ0v) is 48.2. The molecule has 8 heterocycles. The zero-order valence-electron chi connectivity index (χ0n) is 48.2. The van der Waals surface area contributed by atoms with Crippen LogP contribution in [0.5, 0.6) is 0 Å². The molecule has 0 amide bonds. The van der Waals surface area contributed by atoms with E-state index in [9.17, 15) is 19.5 Å². The van der Waals surface area contributed by atoms with E-state index in [2.05, 4.69) is 103 Å². The minimum atomic E-state index is -0.320. The highest BCUT2D eigenvalue weighted by Gasteiger charge is 2.36. The number of hydrogen-bond acceptors (Lipinski definition) is 21. The van der Waals surface area contributed by atoms with Crippen LogP contribution in [0.2, 0.25) is 0 Å². The molecular weight excluding hydrogens is 1060 g/mol. The SMILES string of the molecule is Cn1cc(Nc2nccc(-c3ccc4c(c3)CN(C3CC(O)C3)CCC4CC(=O)c3noc(C(C)(C)C)n3)n2)cn1.Cn1cc(Nc2nccc(-c3ccc4c(c3)CNCCC4CC(=O)c3noc(C(C)(C)C)n3)n2)cn1.O=C1CC(O)C1. The Balaban J connectivity index is 0.000000169. The van der Waals surface area contributed by atoms with Gasteiger partial charge in [-0.05, 0) is 97.1 Å². The van der Waals surface area contributed by atoms with E-state index in [1.165, 1.54) is 11.1 Å². The molecule has 0 bridgehead atoms. The Morgan fingerprint density at radius 2 is 1.18 bits per heavy atom. The highest BCUT2D eigenvalue weighted by atomic mass is 16.5. The maximum atomic E-state index is 13.3. The molecule has 23 nitrogen and oxygen atoms in total. The first-order chi connectivity index (χ1) is 39.7. The molecule has 83 heavy (non-hydrogen) atoms. The minimum Gasteiger partial charge on any atom is -0.393 e. The van der Waals surface area contributed by atoms with E-state index in [4.69, 9.17) is 19.1 Å². The van der Waals surface area contributed by atoms with E-state index in [0.29, 0.717) is 55.4 Å². The van der Waals surface area contributed by atoms with Crippen LogP contribution in [0.15, 0.2) is 94.8 Å². The number of ketones is 3. The summed E-state index contributed by atoms with van der Waals surface area (Å²) in [5.74, 6) is 2.30. The number of nitrogens with zero attached hydrogens (tertiary/aromatic N) is 13. The summed E-state index contributed by atoms with van der Waals surface area (Å²) in [5, 5.41) is 44.5. The molecule has 434 valence electrons. The smallest absolute Gasteiger partial charge is 0.238 e. The molecule has 4 aliphatic rings. The summed E-state index contributed by atoms with van der Waals surface area (Å²) in [6, 6.07) is 16.8. The Hall–Kier alpha value is -8.25. The fourth-order valence-electron chi connectivity index (χ4n) is 10.4. The van der Waals surface area contributed by atoms with Gasteiger partial charge in [-0.1, -0.05) is 76.1 Å². The lowest BCUT2D eigenvalue weighted by molar-refractivity contribution is -0.130. The van der Waals surface area contributed by atoms with Crippen molar-refractivity contribution in [3.05, 3.63) is 131 Å². The number of rotatable bonds is 13. The second-order valence-electron chi connectivity index (χ2n) is 24.0. The normalized spacial score (nSPS) is 19.0. The number of fused-ring (bicyclic) bond motifs is 2. The van der Waals surface area contributed by atoms with E-state index in [0.717, 1.165) is 96.9 Å². The molecule has 0 spiro atoms. The Kier molecular flexibility index (Phi) is 17.2. The van der Waals surface area contributed by atoms with Gasteiger partial charge in [-0.15, -0.1) is 0 Å². The van der Waals surface area contributed by atoms with Crippen molar-refractivity contribution in [1.29, 1.82) is 0 Å². The zero-order chi connectivity index (χ0) is 58.6. The number of hydrogen-bond donors (Lipinski definition) is 5. The molecule has 6 aromatic heterocycles. The lowest BCUT2D eigenvalue weighted by Gasteiger charge is -2.40. The lowest BCUT2D eigenvalue weighted by Crippen LogP contribution is -2.46. The fourth-order valence-corrected chi connectivity index (χ4v) is 10.4. The average Bonchev–Trinajstić information content (AvgIpc) is 4.33. The Bertz CT molecular complexity index is 3580. The Morgan fingerprint density at radius 1 is 0.675 bits per heavy atom. The standard InChI is InChI=1S/C30H36N8O3.C26H30N8O2.C4H6O2/c1-30(2,3)28-35-27(36-41-28)26(40)12-18-8-10-38(22-13-23(39)14-22)16-20-11-19(5-6-24(18)20)25-7-9-31-29(34-25)33-21-15-32-37(4)17-21;1-26(2,3)24-32-23(33-36-24)22(35)12-16-7-9-27-13-18-11-17(5-6-20(16)18)21-8-10-28-25(31-21)30-19-14-29-34(4)15-19;5-3-1-4(6)2-3/h5-7,9,11,15,17-18,22-23,39H,8,10,12-14,16H2,1-4H3,(H,31,33,34);5-6,8,10-11,14-16,27H,7,9,12-13H2,1-4H3,(H,28,30,31);3,5H,1-2H2. The maximum absolute atomic E-state index is 13.3. The number of Topliss-reactive ketones (excluding diaryl/α,β-unsaturated/α-hetero) is 3. The summed E-state index contributed by atoms with van der Waals surface area (Å²) in [7, 11) is 3.72. The molecule has 2 unspecified atom stereocenters. The molecule has 8 aromatic rings. The van der Waals surface area contributed by atoms with Crippen LogP contribution in [-0.4, -0.2) is 124 Å². The van der Waals surface area contributed by atoms with E-state index in [-0.39, 0.29) is 63.9 Å². The van der Waals surface area contributed by atoms with Crippen molar-refractivity contribution in [3.8, 4) is 22.5 Å². The van der Waals surface area contributed by atoms with Crippen LogP contribution >= 0.6 is 0 Å². The van der Waals surface area contributed by atoms with Crippen LogP contribution in [-0.2, 0) is 42.8 Å². The molecular formula is C60H72N16O7. The number of aliphatic hydroxyl groups is 2. The van der Waals surface area contributed by atoms with Gasteiger partial charge in [0.25, 0.3) is 0 Å². The highest BCUT2D eigenvalue weighted by molar-refractivity contribution is 5.93. The van der Waals surface area contributed by atoms with Gasteiger partial charge in [0.1, 0.15) is 5.78 Å². The maximum Gasteiger partial charge on any atom is 0.238 e. The highest BCUT2D eigenvalue weighted by Crippen LogP contribution is 2.39. The van der Waals surface area contributed by atoms with Crippen molar-refractivity contribution in [2.45, 2.75) is 147 Å². The summed E-state index contributed by atoms with van der Waals surface area (Å²) in [6.45, 7) is 15.1. The first-order valence-electron chi connectivity index (χ1n) is 28.2. The monoisotopic (exact) mass is 1130 g/mol.